The van der Waals surface area contributed by atoms with Gasteiger partial charge in [0.1, 0.15) is 12.1 Å². The molecule has 0 amide bonds. The number of aromatic amines is 1. The van der Waals surface area contributed by atoms with Gasteiger partial charge in [-0.2, -0.15) is 5.26 Å². The molecule has 3 heterocycles. The number of pyridine rings is 2. The molecule has 0 bridgehead atoms. The number of nitrogens with one attached hydrogen (secondary N) is 2. The molecule has 0 atom stereocenters. The summed E-state index contributed by atoms with van der Waals surface area (Å²) in [6.07, 6.45) is 5.07. The van der Waals surface area contributed by atoms with Gasteiger partial charge in [0, 0.05) is 34.1 Å². The van der Waals surface area contributed by atoms with Crippen LogP contribution in [0.25, 0.3) is 33.1 Å². The highest BCUT2D eigenvalue weighted by molar-refractivity contribution is 6.33. The lowest BCUT2D eigenvalue weighted by molar-refractivity contribution is 1.10. The van der Waals surface area contributed by atoms with Gasteiger partial charge in [0.25, 0.3) is 0 Å². The van der Waals surface area contributed by atoms with E-state index in [2.05, 4.69) is 31.6 Å². The molecule has 0 aliphatic carbocycles. The van der Waals surface area contributed by atoms with E-state index in [9.17, 15) is 0 Å². The van der Waals surface area contributed by atoms with Gasteiger partial charge < -0.3 is 10.3 Å². The van der Waals surface area contributed by atoms with E-state index >= 15 is 0 Å². The second-order valence-corrected chi connectivity index (χ2v) is 6.76. The lowest BCUT2D eigenvalue weighted by Crippen LogP contribution is -1.98. The van der Waals surface area contributed by atoms with E-state index in [1.807, 2.05) is 30.5 Å². The highest BCUT2D eigenvalue weighted by atomic mass is 35.5. The first-order valence-corrected chi connectivity index (χ1v) is 9.12. The molecule has 5 rings (SSSR count). The van der Waals surface area contributed by atoms with E-state index < -0.39 is 0 Å². The molecular formula is C21H12ClN7. The van der Waals surface area contributed by atoms with Crippen LogP contribution < -0.4 is 5.32 Å². The van der Waals surface area contributed by atoms with E-state index in [1.54, 1.807) is 24.4 Å². The largest absolute Gasteiger partial charge is 0.338 e. The fourth-order valence-electron chi connectivity index (χ4n) is 3.31. The Morgan fingerprint density at radius 1 is 1.07 bits per heavy atom. The first-order valence-electron chi connectivity index (χ1n) is 8.74. The molecule has 2 aromatic carbocycles. The number of aromatic nitrogens is 5. The smallest absolute Gasteiger partial charge is 0.163 e. The monoisotopic (exact) mass is 397 g/mol. The van der Waals surface area contributed by atoms with Crippen LogP contribution in [-0.2, 0) is 0 Å². The van der Waals surface area contributed by atoms with E-state index in [1.165, 1.54) is 6.33 Å². The van der Waals surface area contributed by atoms with Crippen molar-refractivity contribution < 1.29 is 0 Å². The number of benzene rings is 2. The van der Waals surface area contributed by atoms with Crippen molar-refractivity contribution in [3.05, 3.63) is 71.8 Å². The van der Waals surface area contributed by atoms with Gasteiger partial charge in [-0.05, 0) is 30.3 Å². The van der Waals surface area contributed by atoms with E-state index in [4.69, 9.17) is 21.8 Å². The number of anilines is 2. The quantitative estimate of drug-likeness (QED) is 0.422. The van der Waals surface area contributed by atoms with Gasteiger partial charge in [-0.15, -0.1) is 10.2 Å². The zero-order valence-corrected chi connectivity index (χ0v) is 15.6. The maximum atomic E-state index is 9.06. The Kier molecular flexibility index (Phi) is 4.04. The van der Waals surface area contributed by atoms with Crippen LogP contribution in [0.4, 0.5) is 11.5 Å². The van der Waals surface area contributed by atoms with Crippen molar-refractivity contribution in [2.75, 3.05) is 5.32 Å². The summed E-state index contributed by atoms with van der Waals surface area (Å²) in [4.78, 5) is 12.2. The number of hydrogen-bond acceptors (Lipinski definition) is 6. The molecule has 8 heteroatoms. The van der Waals surface area contributed by atoms with E-state index in [0.717, 1.165) is 27.2 Å². The van der Waals surface area contributed by atoms with Crippen LogP contribution in [0, 0.1) is 11.3 Å². The number of H-pyrrole nitrogens is 1. The van der Waals surface area contributed by atoms with Crippen molar-refractivity contribution in [1.29, 1.82) is 5.26 Å². The minimum atomic E-state index is 0.441. The van der Waals surface area contributed by atoms with E-state index in [0.29, 0.717) is 27.9 Å². The lowest BCUT2D eigenvalue weighted by Gasteiger charge is -2.14. The maximum absolute atomic E-state index is 9.06. The standard InChI is InChI=1S/C21H12ClN7/c22-17-8-12(9-23)4-5-18(17)27-21-14-6-7-24-10-16(14)13-2-1-3-15(19(13)28-21)20-25-11-26-29-20/h1-8,10-11H,(H,27,28)(H,25,26,29). The second kappa shape index (κ2) is 6.86. The summed E-state index contributed by atoms with van der Waals surface area (Å²) < 4.78 is 0. The Morgan fingerprint density at radius 2 is 2.00 bits per heavy atom. The molecule has 7 nitrogen and oxygen atoms in total. The zero-order chi connectivity index (χ0) is 19.8. The van der Waals surface area contributed by atoms with Gasteiger partial charge >= 0.3 is 0 Å². The molecule has 5 aromatic rings. The predicted molar refractivity (Wildman–Crippen MR) is 112 cm³/mol. The van der Waals surface area contributed by atoms with Crippen molar-refractivity contribution in [3.63, 3.8) is 0 Å². The molecule has 0 spiro atoms. The summed E-state index contributed by atoms with van der Waals surface area (Å²) in [5.74, 6) is 1.27. The number of nitrogens with zero attached hydrogens (tertiary/aromatic N) is 5. The minimum Gasteiger partial charge on any atom is -0.338 e. The minimum absolute atomic E-state index is 0.441. The SMILES string of the molecule is N#Cc1ccc(Nc2nc3c(-c4nnc[nH]4)cccc3c3cnccc23)c(Cl)c1. The van der Waals surface area contributed by atoms with Crippen molar-refractivity contribution in [2.24, 2.45) is 0 Å². The topological polar surface area (TPSA) is 103 Å². The van der Waals surface area contributed by atoms with Gasteiger partial charge in [0.15, 0.2) is 5.82 Å². The number of para-hydroxylation sites is 1. The number of halogens is 1. The summed E-state index contributed by atoms with van der Waals surface area (Å²) >= 11 is 6.36. The first kappa shape index (κ1) is 17.1. The van der Waals surface area contributed by atoms with Crippen LogP contribution in [0.3, 0.4) is 0 Å². The average molecular weight is 398 g/mol. The summed E-state index contributed by atoms with van der Waals surface area (Å²) in [5.41, 5.74) is 2.75. The van der Waals surface area contributed by atoms with Crippen LogP contribution in [0.2, 0.25) is 5.02 Å². The Labute approximate surface area is 170 Å². The Bertz CT molecular complexity index is 1400. The number of hydrogen-bond donors (Lipinski definition) is 2. The van der Waals surface area contributed by atoms with Crippen molar-refractivity contribution in [3.8, 4) is 17.5 Å². The molecule has 0 fully saturated rings. The number of fused-ring (bicyclic) bond motifs is 3. The molecular weight excluding hydrogens is 386 g/mol. The summed E-state index contributed by atoms with van der Waals surface area (Å²) in [6.45, 7) is 0. The van der Waals surface area contributed by atoms with Gasteiger partial charge in [-0.1, -0.05) is 23.7 Å². The second-order valence-electron chi connectivity index (χ2n) is 6.35. The number of nitriles is 1. The fourth-order valence-corrected chi connectivity index (χ4v) is 3.53. The summed E-state index contributed by atoms with van der Waals surface area (Å²) in [6, 6.07) is 15.0. The molecule has 0 saturated carbocycles. The molecule has 2 N–H and O–H groups in total. The average Bonchev–Trinajstić information content (AvgIpc) is 3.29. The first-order chi connectivity index (χ1) is 14.2. The third-order valence-electron chi connectivity index (χ3n) is 4.65. The van der Waals surface area contributed by atoms with Crippen molar-refractivity contribution in [2.45, 2.75) is 0 Å². The van der Waals surface area contributed by atoms with Crippen molar-refractivity contribution in [1.82, 2.24) is 25.1 Å². The van der Waals surface area contributed by atoms with Crippen LogP contribution in [0.5, 0.6) is 0 Å². The third-order valence-corrected chi connectivity index (χ3v) is 4.96. The predicted octanol–water partition coefficient (Wildman–Crippen LogP) is 4.84. The summed E-state index contributed by atoms with van der Waals surface area (Å²) in [7, 11) is 0. The third kappa shape index (κ3) is 2.92. The van der Waals surface area contributed by atoms with Crippen LogP contribution in [0.1, 0.15) is 5.56 Å². The highest BCUT2D eigenvalue weighted by Gasteiger charge is 2.15. The van der Waals surface area contributed by atoms with E-state index in [-0.39, 0.29) is 0 Å². The zero-order valence-electron chi connectivity index (χ0n) is 14.9. The Morgan fingerprint density at radius 3 is 2.79 bits per heavy atom. The Hall–Kier alpha value is -4.02. The van der Waals surface area contributed by atoms with Crippen LogP contribution >= 0.6 is 11.6 Å². The maximum Gasteiger partial charge on any atom is 0.163 e. The van der Waals surface area contributed by atoms with Gasteiger partial charge in [-0.3, -0.25) is 4.98 Å². The fraction of sp³-hybridized carbons (Fsp3) is 0. The lowest BCUT2D eigenvalue weighted by atomic mass is 10.0. The Balaban J connectivity index is 1.76. The molecule has 3 aromatic heterocycles. The highest BCUT2D eigenvalue weighted by Crippen LogP contribution is 2.35. The normalized spacial score (nSPS) is 10.9. The molecule has 0 aliphatic heterocycles. The molecule has 0 aliphatic rings. The van der Waals surface area contributed by atoms with Crippen LogP contribution in [0.15, 0.2) is 61.2 Å². The molecule has 0 saturated heterocycles. The van der Waals surface area contributed by atoms with Gasteiger partial charge in [0.05, 0.1) is 27.9 Å². The van der Waals surface area contributed by atoms with Gasteiger partial charge in [0.2, 0.25) is 0 Å². The molecule has 0 unspecified atom stereocenters. The molecule has 0 radical (unpaired) electrons. The molecule has 138 valence electrons. The molecule has 29 heavy (non-hydrogen) atoms. The van der Waals surface area contributed by atoms with Gasteiger partial charge in [-0.25, -0.2) is 4.98 Å². The van der Waals surface area contributed by atoms with Crippen molar-refractivity contribution >= 4 is 44.8 Å². The summed E-state index contributed by atoms with van der Waals surface area (Å²) in [5, 5.41) is 23.6. The number of rotatable bonds is 3. The van der Waals surface area contributed by atoms with Crippen LogP contribution in [-0.4, -0.2) is 25.1 Å².